The highest BCUT2D eigenvalue weighted by Crippen LogP contribution is 2.22. The Morgan fingerprint density at radius 3 is 2.30 bits per heavy atom. The van der Waals surface area contributed by atoms with Crippen LogP contribution < -0.4 is 0 Å². The van der Waals surface area contributed by atoms with Crippen LogP contribution in [0, 0.1) is 0 Å². The fourth-order valence-electron chi connectivity index (χ4n) is 2.47. The summed E-state index contributed by atoms with van der Waals surface area (Å²) in [5.74, 6) is 0. The van der Waals surface area contributed by atoms with E-state index in [2.05, 4.69) is 6.92 Å². The molecule has 0 radical (unpaired) electrons. The first-order chi connectivity index (χ1) is 9.51. The summed E-state index contributed by atoms with van der Waals surface area (Å²) in [7, 11) is -4.36. The third-order valence-corrected chi connectivity index (χ3v) is 4.22. The van der Waals surface area contributed by atoms with E-state index in [1.54, 1.807) is 0 Å². The van der Waals surface area contributed by atoms with Gasteiger partial charge in [-0.05, 0) is 12.8 Å². The zero-order valence-electron chi connectivity index (χ0n) is 12.4. The van der Waals surface area contributed by atoms with E-state index in [4.69, 9.17) is 13.5 Å². The lowest BCUT2D eigenvalue weighted by Crippen LogP contribution is -2.32. The average molecular weight is 308 g/mol. The first kappa shape index (κ1) is 17.9. The molecule has 1 saturated heterocycles. The SMILES string of the molecule is CCCCCCCCCC(CC1CCO1)OS(=O)(=O)O. The van der Waals surface area contributed by atoms with Gasteiger partial charge in [-0.3, -0.25) is 4.55 Å². The van der Waals surface area contributed by atoms with E-state index >= 15 is 0 Å². The van der Waals surface area contributed by atoms with Gasteiger partial charge in [0.1, 0.15) is 0 Å². The van der Waals surface area contributed by atoms with Crippen molar-refractivity contribution in [3.63, 3.8) is 0 Å². The number of hydrogen-bond donors (Lipinski definition) is 1. The average Bonchev–Trinajstić information content (AvgIpc) is 2.30. The van der Waals surface area contributed by atoms with Gasteiger partial charge in [-0.2, -0.15) is 8.42 Å². The highest BCUT2D eigenvalue weighted by atomic mass is 32.3. The molecule has 0 aromatic rings. The monoisotopic (exact) mass is 308 g/mol. The summed E-state index contributed by atoms with van der Waals surface area (Å²) in [6.07, 6.45) is 10.0. The molecule has 1 rings (SSSR count). The van der Waals surface area contributed by atoms with E-state index in [1.165, 1.54) is 32.1 Å². The normalized spacial score (nSPS) is 20.6. The molecule has 120 valence electrons. The third-order valence-electron chi connectivity index (χ3n) is 3.71. The lowest BCUT2D eigenvalue weighted by atomic mass is 10.0. The summed E-state index contributed by atoms with van der Waals surface area (Å²) in [5, 5.41) is 0. The van der Waals surface area contributed by atoms with Crippen LogP contribution >= 0.6 is 0 Å². The smallest absolute Gasteiger partial charge is 0.378 e. The second kappa shape index (κ2) is 9.71. The number of rotatable bonds is 12. The lowest BCUT2D eigenvalue weighted by Gasteiger charge is -2.29. The van der Waals surface area contributed by atoms with Gasteiger partial charge >= 0.3 is 10.4 Å². The van der Waals surface area contributed by atoms with Crippen LogP contribution in [0.25, 0.3) is 0 Å². The fourth-order valence-corrected chi connectivity index (χ4v) is 2.99. The summed E-state index contributed by atoms with van der Waals surface area (Å²) in [4.78, 5) is 0. The molecule has 20 heavy (non-hydrogen) atoms. The van der Waals surface area contributed by atoms with Gasteiger partial charge in [-0.25, -0.2) is 4.18 Å². The van der Waals surface area contributed by atoms with Gasteiger partial charge in [0.25, 0.3) is 0 Å². The van der Waals surface area contributed by atoms with Crippen LogP contribution in [0.2, 0.25) is 0 Å². The van der Waals surface area contributed by atoms with Crippen molar-refractivity contribution in [2.24, 2.45) is 0 Å². The third kappa shape index (κ3) is 8.89. The molecule has 1 N–H and O–H groups in total. The summed E-state index contributed by atoms with van der Waals surface area (Å²) >= 11 is 0. The maximum Gasteiger partial charge on any atom is 0.397 e. The number of hydrogen-bond acceptors (Lipinski definition) is 4. The fraction of sp³-hybridized carbons (Fsp3) is 1.00. The van der Waals surface area contributed by atoms with Crippen molar-refractivity contribution >= 4 is 10.4 Å². The molecule has 0 spiro atoms. The molecule has 1 aliphatic rings. The molecule has 1 aliphatic heterocycles. The van der Waals surface area contributed by atoms with Gasteiger partial charge in [0.05, 0.1) is 12.2 Å². The largest absolute Gasteiger partial charge is 0.397 e. The molecule has 0 aromatic heterocycles. The van der Waals surface area contributed by atoms with Gasteiger partial charge in [0.15, 0.2) is 0 Å². The van der Waals surface area contributed by atoms with Crippen LogP contribution in [0.1, 0.15) is 71.1 Å². The van der Waals surface area contributed by atoms with Crippen molar-refractivity contribution < 1.29 is 21.9 Å². The van der Waals surface area contributed by atoms with Gasteiger partial charge in [-0.15, -0.1) is 0 Å². The van der Waals surface area contributed by atoms with E-state index in [1.807, 2.05) is 0 Å². The minimum absolute atomic E-state index is 0.0892. The Morgan fingerprint density at radius 1 is 1.20 bits per heavy atom. The van der Waals surface area contributed by atoms with Crippen LogP contribution in [0.15, 0.2) is 0 Å². The van der Waals surface area contributed by atoms with E-state index in [9.17, 15) is 8.42 Å². The number of unbranched alkanes of at least 4 members (excludes halogenated alkanes) is 6. The Bertz CT molecular complexity index is 337. The van der Waals surface area contributed by atoms with Crippen molar-refractivity contribution in [2.75, 3.05) is 6.61 Å². The van der Waals surface area contributed by atoms with E-state index < -0.39 is 16.5 Å². The summed E-state index contributed by atoms with van der Waals surface area (Å²) in [6, 6.07) is 0. The Hall–Kier alpha value is -0.170. The topological polar surface area (TPSA) is 72.8 Å². The summed E-state index contributed by atoms with van der Waals surface area (Å²) in [6.45, 7) is 2.93. The molecule has 1 heterocycles. The van der Waals surface area contributed by atoms with Gasteiger partial charge in [0.2, 0.25) is 0 Å². The van der Waals surface area contributed by atoms with Crippen molar-refractivity contribution in [1.29, 1.82) is 0 Å². The van der Waals surface area contributed by atoms with Crippen molar-refractivity contribution in [1.82, 2.24) is 0 Å². The molecule has 2 atom stereocenters. The molecular formula is C14H28O5S. The highest BCUT2D eigenvalue weighted by Gasteiger charge is 2.26. The Kier molecular flexibility index (Phi) is 8.68. The van der Waals surface area contributed by atoms with Crippen molar-refractivity contribution in [3.8, 4) is 0 Å². The van der Waals surface area contributed by atoms with Gasteiger partial charge in [0, 0.05) is 13.0 Å². The standard InChI is InChI=1S/C14H28O5S/c1-2-3-4-5-6-7-8-9-14(19-20(15,16)17)12-13-10-11-18-13/h13-14H,2-12H2,1H3,(H,15,16,17). The highest BCUT2D eigenvalue weighted by molar-refractivity contribution is 7.80. The predicted molar refractivity (Wildman–Crippen MR) is 78.0 cm³/mol. The van der Waals surface area contributed by atoms with Gasteiger partial charge < -0.3 is 4.74 Å². The zero-order valence-corrected chi connectivity index (χ0v) is 13.2. The first-order valence-electron chi connectivity index (χ1n) is 7.78. The molecule has 0 aromatic carbocycles. The van der Waals surface area contributed by atoms with E-state index in [0.29, 0.717) is 12.8 Å². The maximum atomic E-state index is 10.8. The molecule has 1 fully saturated rings. The predicted octanol–water partition coefficient (Wildman–Crippen LogP) is 3.49. The van der Waals surface area contributed by atoms with E-state index in [-0.39, 0.29) is 6.10 Å². The van der Waals surface area contributed by atoms with Crippen molar-refractivity contribution in [2.45, 2.75) is 83.3 Å². The number of ether oxygens (including phenoxy) is 1. The Balaban J connectivity index is 2.15. The quantitative estimate of drug-likeness (QED) is 0.441. The second-order valence-corrected chi connectivity index (χ2v) is 6.62. The molecule has 0 aliphatic carbocycles. The van der Waals surface area contributed by atoms with Crippen molar-refractivity contribution in [3.05, 3.63) is 0 Å². The zero-order chi connectivity index (χ0) is 14.8. The second-order valence-electron chi connectivity index (χ2n) is 5.57. The molecule has 6 heteroatoms. The lowest BCUT2D eigenvalue weighted by molar-refractivity contribution is -0.0714. The minimum Gasteiger partial charge on any atom is -0.378 e. The Morgan fingerprint density at radius 2 is 1.80 bits per heavy atom. The molecule has 5 nitrogen and oxygen atoms in total. The van der Waals surface area contributed by atoms with Crippen LogP contribution in [-0.4, -0.2) is 31.8 Å². The van der Waals surface area contributed by atoms with Crippen LogP contribution in [0.4, 0.5) is 0 Å². The van der Waals surface area contributed by atoms with E-state index in [0.717, 1.165) is 25.9 Å². The molecule has 0 saturated carbocycles. The first-order valence-corrected chi connectivity index (χ1v) is 9.15. The summed E-state index contributed by atoms with van der Waals surface area (Å²) in [5.41, 5.74) is 0. The molecule has 2 unspecified atom stereocenters. The van der Waals surface area contributed by atoms with Crippen LogP contribution in [0.5, 0.6) is 0 Å². The molecule has 0 bridgehead atoms. The molecular weight excluding hydrogens is 280 g/mol. The maximum absolute atomic E-state index is 10.8. The summed E-state index contributed by atoms with van der Waals surface area (Å²) < 4.78 is 40.5. The van der Waals surface area contributed by atoms with Gasteiger partial charge in [-0.1, -0.05) is 51.9 Å². The Labute approximate surface area is 123 Å². The molecule has 0 amide bonds. The van der Waals surface area contributed by atoms with Crippen LogP contribution in [0.3, 0.4) is 0 Å². The van der Waals surface area contributed by atoms with Crippen LogP contribution in [-0.2, 0) is 19.3 Å². The minimum atomic E-state index is -4.36.